The van der Waals surface area contributed by atoms with Crippen LogP contribution >= 0.6 is 0 Å². The normalized spacial score (nSPS) is 15.9. The van der Waals surface area contributed by atoms with E-state index in [-0.39, 0.29) is 17.2 Å². The molecule has 2 N–H and O–H groups in total. The Morgan fingerprint density at radius 2 is 1.68 bits per heavy atom. The van der Waals surface area contributed by atoms with Gasteiger partial charge in [-0.2, -0.15) is 0 Å². The monoisotopic (exact) mass is 442 g/mol. The number of primary amides is 1. The van der Waals surface area contributed by atoms with Gasteiger partial charge in [-0.1, -0.05) is 26.8 Å². The van der Waals surface area contributed by atoms with Crippen molar-refractivity contribution >= 4 is 21.4 Å². The van der Waals surface area contributed by atoms with E-state index in [9.17, 15) is 13.2 Å². The van der Waals surface area contributed by atoms with Gasteiger partial charge in [0.05, 0.1) is 10.8 Å². The molecule has 31 heavy (non-hydrogen) atoms. The van der Waals surface area contributed by atoms with Gasteiger partial charge in [0.1, 0.15) is 0 Å². The second-order valence-corrected chi connectivity index (χ2v) is 11.9. The lowest BCUT2D eigenvalue weighted by Crippen LogP contribution is -2.33. The lowest BCUT2D eigenvalue weighted by atomic mass is 9.73. The molecule has 0 saturated heterocycles. The number of hydrogen-bond acceptors (Lipinski definition) is 4. The number of benzene rings is 2. The molecule has 168 valence electrons. The molecule has 1 unspecified atom stereocenters. The average Bonchev–Trinajstić information content (AvgIpc) is 2.84. The zero-order chi connectivity index (χ0) is 23.1. The first-order valence-corrected chi connectivity index (χ1v) is 12.7. The molecule has 0 aromatic heterocycles. The number of fused-ring (bicyclic) bond motifs is 1. The Morgan fingerprint density at radius 1 is 1.06 bits per heavy atom. The van der Waals surface area contributed by atoms with Crippen LogP contribution in [0.25, 0.3) is 0 Å². The third-order valence-corrected chi connectivity index (χ3v) is 7.33. The summed E-state index contributed by atoms with van der Waals surface area (Å²) in [6, 6.07) is 9.78. The summed E-state index contributed by atoms with van der Waals surface area (Å²) in [5.41, 5.74) is 12.1. The number of rotatable bonds is 4. The molecule has 2 aromatic carbocycles. The highest BCUT2D eigenvalue weighted by molar-refractivity contribution is 7.90. The summed E-state index contributed by atoms with van der Waals surface area (Å²) < 4.78 is 23.9. The number of amides is 1. The fourth-order valence-electron chi connectivity index (χ4n) is 4.78. The van der Waals surface area contributed by atoms with Crippen LogP contribution in [0, 0.1) is 19.3 Å². The fourth-order valence-corrected chi connectivity index (χ4v) is 5.45. The van der Waals surface area contributed by atoms with E-state index >= 15 is 0 Å². The Labute approximate surface area is 186 Å². The summed E-state index contributed by atoms with van der Waals surface area (Å²) in [6.45, 7) is 11.9. The minimum absolute atomic E-state index is 0.262. The van der Waals surface area contributed by atoms with Crippen LogP contribution in [-0.4, -0.2) is 27.1 Å². The van der Waals surface area contributed by atoms with E-state index in [1.165, 1.54) is 6.26 Å². The number of nitrogens with two attached hydrogens (primary N) is 1. The van der Waals surface area contributed by atoms with Gasteiger partial charge in [0, 0.05) is 25.0 Å². The van der Waals surface area contributed by atoms with Gasteiger partial charge in [-0.25, -0.2) is 8.42 Å². The largest absolute Gasteiger partial charge is 0.369 e. The lowest BCUT2D eigenvalue weighted by molar-refractivity contribution is -0.121. The van der Waals surface area contributed by atoms with Gasteiger partial charge < -0.3 is 10.6 Å². The molecular formula is C25H34N2O3S. The van der Waals surface area contributed by atoms with Crippen molar-refractivity contribution in [3.8, 4) is 0 Å². The van der Waals surface area contributed by atoms with Crippen LogP contribution in [0.4, 0.5) is 5.69 Å². The van der Waals surface area contributed by atoms with E-state index in [1.54, 1.807) is 6.07 Å². The molecule has 0 radical (unpaired) electrons. The van der Waals surface area contributed by atoms with Crippen LogP contribution in [0.3, 0.4) is 0 Å². The van der Waals surface area contributed by atoms with Crippen LogP contribution in [-0.2, 0) is 27.6 Å². The highest BCUT2D eigenvalue weighted by Crippen LogP contribution is 2.40. The molecule has 0 aliphatic carbocycles. The molecule has 1 heterocycles. The topological polar surface area (TPSA) is 80.5 Å². The molecule has 6 heteroatoms. The number of carbonyl (C=O) groups is 1. The molecule has 5 nitrogen and oxygen atoms in total. The maximum Gasteiger partial charge on any atom is 0.225 e. The van der Waals surface area contributed by atoms with E-state index in [2.05, 4.69) is 30.9 Å². The van der Waals surface area contributed by atoms with Crippen molar-refractivity contribution in [3.05, 3.63) is 58.1 Å². The van der Waals surface area contributed by atoms with Gasteiger partial charge in [-0.05, 0) is 84.2 Å². The van der Waals surface area contributed by atoms with Gasteiger partial charge in [0.15, 0.2) is 9.84 Å². The number of hydrogen-bond donors (Lipinski definition) is 1. The van der Waals surface area contributed by atoms with Gasteiger partial charge in [0.2, 0.25) is 5.91 Å². The maximum atomic E-state index is 12.3. The molecule has 0 spiro atoms. The van der Waals surface area contributed by atoms with Crippen molar-refractivity contribution in [1.82, 2.24) is 0 Å². The van der Waals surface area contributed by atoms with Crippen molar-refractivity contribution < 1.29 is 13.2 Å². The van der Waals surface area contributed by atoms with Gasteiger partial charge in [0.25, 0.3) is 0 Å². The van der Waals surface area contributed by atoms with E-state index in [0.717, 1.165) is 59.4 Å². The van der Waals surface area contributed by atoms with Gasteiger partial charge in [-0.15, -0.1) is 0 Å². The number of carbonyl (C=O) groups excluding carboxylic acids is 1. The van der Waals surface area contributed by atoms with Crippen LogP contribution in [0.15, 0.2) is 35.2 Å². The van der Waals surface area contributed by atoms with Crippen LogP contribution in [0.5, 0.6) is 0 Å². The van der Waals surface area contributed by atoms with E-state index < -0.39 is 9.84 Å². The minimum Gasteiger partial charge on any atom is -0.369 e. The molecular weight excluding hydrogens is 408 g/mol. The molecule has 1 aliphatic heterocycles. The molecule has 0 saturated carbocycles. The summed E-state index contributed by atoms with van der Waals surface area (Å²) in [6.07, 6.45) is 3.06. The third kappa shape index (κ3) is 4.95. The smallest absolute Gasteiger partial charge is 0.225 e. The number of sulfone groups is 1. The average molecular weight is 443 g/mol. The molecule has 0 bridgehead atoms. The highest BCUT2D eigenvalue weighted by atomic mass is 32.2. The molecule has 1 amide bonds. The number of aryl methyl sites for hydroxylation is 3. The Kier molecular flexibility index (Phi) is 6.25. The van der Waals surface area contributed by atoms with Crippen molar-refractivity contribution in [2.24, 2.45) is 11.1 Å². The maximum absolute atomic E-state index is 12.3. The van der Waals surface area contributed by atoms with Crippen molar-refractivity contribution in [1.29, 1.82) is 0 Å². The second kappa shape index (κ2) is 8.30. The van der Waals surface area contributed by atoms with Crippen molar-refractivity contribution in [2.45, 2.75) is 64.8 Å². The first-order valence-electron chi connectivity index (χ1n) is 10.8. The van der Waals surface area contributed by atoms with Gasteiger partial charge in [-0.3, -0.25) is 4.79 Å². The van der Waals surface area contributed by atoms with Gasteiger partial charge >= 0.3 is 0 Å². The van der Waals surface area contributed by atoms with E-state index in [0.29, 0.717) is 4.90 Å². The zero-order valence-corrected chi connectivity index (χ0v) is 20.3. The quantitative estimate of drug-likeness (QED) is 0.767. The van der Waals surface area contributed by atoms with Crippen LogP contribution in [0.1, 0.15) is 60.9 Å². The Morgan fingerprint density at radius 3 is 2.19 bits per heavy atom. The highest BCUT2D eigenvalue weighted by Gasteiger charge is 2.33. The summed E-state index contributed by atoms with van der Waals surface area (Å²) in [5.74, 6) is -0.641. The minimum atomic E-state index is -3.21. The zero-order valence-electron chi connectivity index (χ0n) is 19.5. The standard InChI is InChI=1S/C25H34N2O3S/c1-16-12-20(13-17(2)22(16)23(24(26)28)25(3,4)5)27-11-7-8-18-14-21(31(6,29)30)10-9-19(18)15-27/h9-10,12-14,23H,7-8,11,15H2,1-6H3,(H2,26,28). The number of nitrogens with zero attached hydrogens (tertiary/aromatic N) is 1. The number of anilines is 1. The van der Waals surface area contributed by atoms with Crippen molar-refractivity contribution in [3.63, 3.8) is 0 Å². The second-order valence-electron chi connectivity index (χ2n) is 9.92. The summed E-state index contributed by atoms with van der Waals surface area (Å²) in [4.78, 5) is 15.0. The summed E-state index contributed by atoms with van der Waals surface area (Å²) >= 11 is 0. The Hall–Kier alpha value is -2.34. The predicted molar refractivity (Wildman–Crippen MR) is 126 cm³/mol. The van der Waals surface area contributed by atoms with E-state index in [1.807, 2.05) is 32.9 Å². The SMILES string of the molecule is Cc1cc(N2CCCc3cc(S(C)(=O)=O)ccc3C2)cc(C)c1C(C(N)=O)C(C)(C)C. The molecule has 0 fully saturated rings. The first kappa shape index (κ1) is 23.3. The fraction of sp³-hybridized carbons (Fsp3) is 0.480. The van der Waals surface area contributed by atoms with Crippen molar-refractivity contribution in [2.75, 3.05) is 17.7 Å². The van der Waals surface area contributed by atoms with Crippen LogP contribution < -0.4 is 10.6 Å². The Bertz CT molecular complexity index is 1090. The Balaban J connectivity index is 1.98. The van der Waals surface area contributed by atoms with Crippen LogP contribution in [0.2, 0.25) is 0 Å². The lowest BCUT2D eigenvalue weighted by Gasteiger charge is -2.32. The first-order chi connectivity index (χ1) is 14.3. The molecule has 1 atom stereocenters. The molecule has 2 aromatic rings. The van der Waals surface area contributed by atoms with E-state index in [4.69, 9.17) is 5.73 Å². The molecule has 1 aliphatic rings. The molecule has 3 rings (SSSR count). The predicted octanol–water partition coefficient (Wildman–Crippen LogP) is 4.27. The summed E-state index contributed by atoms with van der Waals surface area (Å²) in [7, 11) is -3.21. The third-order valence-electron chi connectivity index (χ3n) is 6.22. The summed E-state index contributed by atoms with van der Waals surface area (Å²) in [5, 5.41) is 0.